The lowest BCUT2D eigenvalue weighted by atomic mass is 9.85. The molecular formula is C31H32N2O10. The summed E-state index contributed by atoms with van der Waals surface area (Å²) in [6.45, 7) is 5.06. The molecule has 43 heavy (non-hydrogen) atoms. The lowest BCUT2D eigenvalue weighted by Crippen LogP contribution is -2.56. The quantitative estimate of drug-likeness (QED) is 0.105. The molecule has 1 aliphatic rings. The molecule has 0 heterocycles. The zero-order valence-electron chi connectivity index (χ0n) is 24.2. The van der Waals surface area contributed by atoms with Gasteiger partial charge in [-0.25, -0.2) is 14.4 Å². The lowest BCUT2D eigenvalue weighted by molar-refractivity contribution is -0.384. The number of methoxy groups -OCH3 is 1. The molecule has 0 aliphatic heterocycles. The average Bonchev–Trinajstić information content (AvgIpc) is 2.95. The topological polar surface area (TPSA) is 153 Å². The van der Waals surface area contributed by atoms with Crippen LogP contribution in [-0.2, 0) is 38.4 Å². The van der Waals surface area contributed by atoms with Crippen LogP contribution in [0.4, 0.5) is 15.3 Å². The summed E-state index contributed by atoms with van der Waals surface area (Å²) in [6, 6.07) is 17.9. The van der Waals surface area contributed by atoms with Crippen LogP contribution in [0.5, 0.6) is 11.5 Å². The number of non-ortho nitro benzene ring substituents is 1. The summed E-state index contributed by atoms with van der Waals surface area (Å²) in [5, 5.41) is 14.2. The zero-order chi connectivity index (χ0) is 31.2. The van der Waals surface area contributed by atoms with E-state index in [1.807, 2.05) is 12.1 Å². The number of hydrogen-bond acceptors (Lipinski definition) is 10. The van der Waals surface area contributed by atoms with Gasteiger partial charge in [-0.1, -0.05) is 42.5 Å². The van der Waals surface area contributed by atoms with E-state index in [0.717, 1.165) is 24.3 Å². The Morgan fingerprint density at radius 1 is 1.00 bits per heavy atom. The summed E-state index contributed by atoms with van der Waals surface area (Å²) in [4.78, 5) is 49.0. The molecular weight excluding hydrogens is 560 g/mol. The summed E-state index contributed by atoms with van der Waals surface area (Å²) in [7, 11) is 1.15. The highest BCUT2D eigenvalue weighted by Gasteiger charge is 2.42. The number of fused-ring (bicyclic) bond motifs is 1. The van der Waals surface area contributed by atoms with Crippen molar-refractivity contribution in [2.24, 2.45) is 0 Å². The summed E-state index contributed by atoms with van der Waals surface area (Å²) >= 11 is 0. The maximum atomic E-state index is 13.1. The lowest BCUT2D eigenvalue weighted by Gasteiger charge is -2.38. The third-order valence-electron chi connectivity index (χ3n) is 6.49. The van der Waals surface area contributed by atoms with E-state index in [4.69, 9.17) is 23.7 Å². The predicted octanol–water partition coefficient (Wildman–Crippen LogP) is 6.24. The van der Waals surface area contributed by atoms with Gasteiger partial charge in [-0.3, -0.25) is 15.4 Å². The highest BCUT2D eigenvalue weighted by atomic mass is 16.7. The first-order valence-corrected chi connectivity index (χ1v) is 13.4. The molecule has 0 fully saturated rings. The van der Waals surface area contributed by atoms with E-state index in [0.29, 0.717) is 12.0 Å². The van der Waals surface area contributed by atoms with E-state index >= 15 is 0 Å². The van der Waals surface area contributed by atoms with Crippen LogP contribution in [0.1, 0.15) is 54.2 Å². The fourth-order valence-electron chi connectivity index (χ4n) is 4.56. The number of carbonyl (C=O) groups excluding carboxylic acids is 3. The van der Waals surface area contributed by atoms with Crippen molar-refractivity contribution in [3.63, 3.8) is 0 Å². The van der Waals surface area contributed by atoms with Crippen LogP contribution in [0.2, 0.25) is 0 Å². The van der Waals surface area contributed by atoms with Gasteiger partial charge in [-0.05, 0) is 50.5 Å². The van der Waals surface area contributed by atoms with Crippen molar-refractivity contribution in [3.05, 3.63) is 99.1 Å². The second-order valence-corrected chi connectivity index (χ2v) is 10.8. The fraction of sp³-hybridized carbons (Fsp3) is 0.323. The smallest absolute Gasteiger partial charge is 0.457 e. The van der Waals surface area contributed by atoms with Crippen LogP contribution in [-0.4, -0.2) is 41.6 Å². The molecule has 0 radical (unpaired) electrons. The third-order valence-corrected chi connectivity index (χ3v) is 6.49. The summed E-state index contributed by atoms with van der Waals surface area (Å²) in [5.74, 6) is -0.517. The molecule has 12 heteroatoms. The molecule has 1 aliphatic carbocycles. The summed E-state index contributed by atoms with van der Waals surface area (Å²) in [6.07, 6.45) is -1.22. The molecule has 0 aromatic heterocycles. The van der Waals surface area contributed by atoms with E-state index in [9.17, 15) is 24.5 Å². The molecule has 1 amide bonds. The van der Waals surface area contributed by atoms with Crippen LogP contribution >= 0.6 is 0 Å². The number of aryl methyl sites for hydroxylation is 1. The van der Waals surface area contributed by atoms with Crippen LogP contribution < -0.4 is 10.1 Å². The number of rotatable bonds is 8. The van der Waals surface area contributed by atoms with Gasteiger partial charge < -0.3 is 23.7 Å². The van der Waals surface area contributed by atoms with E-state index in [1.54, 1.807) is 57.2 Å². The maximum Gasteiger partial charge on any atom is 0.510 e. The van der Waals surface area contributed by atoms with Crippen molar-refractivity contribution >= 4 is 23.9 Å². The van der Waals surface area contributed by atoms with Gasteiger partial charge in [-0.15, -0.1) is 0 Å². The van der Waals surface area contributed by atoms with Crippen LogP contribution in [0, 0.1) is 10.1 Å². The molecule has 4 rings (SSSR count). The first-order valence-electron chi connectivity index (χ1n) is 13.4. The summed E-state index contributed by atoms with van der Waals surface area (Å²) in [5.41, 5.74) is -0.643. The van der Waals surface area contributed by atoms with Gasteiger partial charge in [0.15, 0.2) is 5.72 Å². The minimum Gasteiger partial charge on any atom is -0.457 e. The molecule has 0 saturated heterocycles. The molecule has 0 saturated carbocycles. The molecule has 226 valence electrons. The molecule has 0 bridgehead atoms. The molecule has 0 spiro atoms. The molecule has 12 nitrogen and oxygen atoms in total. The number of amides is 1. The standard InChI is InChI=1S/C31H32N2O10/c1-30(2,3)42-28(35)32-31(43-29(36)39-4)16-15-21-11-8-12-25(24(21)18-31)41-26-14-13-22(33(37)38)17-23(26)27(34)40-19-20-9-6-5-7-10-20/h5-14,17H,15-16,18-19H2,1-4H3,(H,32,35)/t31-/m0/s1. The van der Waals surface area contributed by atoms with E-state index in [1.165, 1.54) is 12.1 Å². The second kappa shape index (κ2) is 12.8. The van der Waals surface area contributed by atoms with Crippen LogP contribution in [0.15, 0.2) is 66.7 Å². The Labute approximate surface area is 248 Å². The van der Waals surface area contributed by atoms with Gasteiger partial charge in [0.25, 0.3) is 5.69 Å². The van der Waals surface area contributed by atoms with Gasteiger partial charge in [0.2, 0.25) is 0 Å². The van der Waals surface area contributed by atoms with Crippen molar-refractivity contribution < 1.29 is 43.0 Å². The predicted molar refractivity (Wildman–Crippen MR) is 153 cm³/mol. The Balaban J connectivity index is 1.66. The fourth-order valence-corrected chi connectivity index (χ4v) is 4.56. The summed E-state index contributed by atoms with van der Waals surface area (Å²) < 4.78 is 27.3. The molecule has 0 unspecified atom stereocenters. The van der Waals surface area contributed by atoms with E-state index in [2.05, 4.69) is 5.32 Å². The maximum absolute atomic E-state index is 13.1. The monoisotopic (exact) mass is 592 g/mol. The number of ether oxygens (including phenoxy) is 5. The van der Waals surface area contributed by atoms with Gasteiger partial charge in [-0.2, -0.15) is 0 Å². The van der Waals surface area contributed by atoms with Crippen molar-refractivity contribution in [2.75, 3.05) is 7.11 Å². The van der Waals surface area contributed by atoms with Crippen molar-refractivity contribution in [1.82, 2.24) is 5.32 Å². The molecule has 3 aromatic rings. The van der Waals surface area contributed by atoms with Crippen molar-refractivity contribution in [2.45, 2.75) is 58.0 Å². The highest BCUT2D eigenvalue weighted by molar-refractivity contribution is 5.93. The van der Waals surface area contributed by atoms with Crippen molar-refractivity contribution in [1.29, 1.82) is 0 Å². The number of nitrogens with one attached hydrogen (secondary N) is 1. The molecule has 1 atom stereocenters. The number of hydrogen-bond donors (Lipinski definition) is 1. The second-order valence-electron chi connectivity index (χ2n) is 10.8. The largest absolute Gasteiger partial charge is 0.510 e. The zero-order valence-corrected chi connectivity index (χ0v) is 24.2. The Morgan fingerprint density at radius 3 is 2.42 bits per heavy atom. The van der Waals surface area contributed by atoms with Gasteiger partial charge >= 0.3 is 18.2 Å². The van der Waals surface area contributed by atoms with E-state index in [-0.39, 0.29) is 42.2 Å². The Morgan fingerprint density at radius 2 is 1.74 bits per heavy atom. The van der Waals surface area contributed by atoms with Crippen LogP contribution in [0.25, 0.3) is 0 Å². The Kier molecular flexibility index (Phi) is 9.18. The SMILES string of the molecule is COC(=O)O[C@@]1(NC(=O)OC(C)(C)C)CCc2cccc(Oc3ccc([N+](=O)[O-])cc3C(=O)OCc3ccccc3)c2C1. The first kappa shape index (κ1) is 30.8. The van der Waals surface area contributed by atoms with Crippen LogP contribution in [0.3, 0.4) is 0 Å². The number of nitrogens with zero attached hydrogens (tertiary/aromatic N) is 1. The molecule has 1 N–H and O–H groups in total. The Hall–Kier alpha value is -5.13. The first-order chi connectivity index (χ1) is 20.4. The number of benzene rings is 3. The van der Waals surface area contributed by atoms with E-state index < -0.39 is 34.5 Å². The number of esters is 1. The average molecular weight is 593 g/mol. The van der Waals surface area contributed by atoms with Crippen molar-refractivity contribution in [3.8, 4) is 11.5 Å². The molecule has 3 aromatic carbocycles. The number of alkyl carbamates (subject to hydrolysis) is 1. The van der Waals surface area contributed by atoms with Gasteiger partial charge in [0.1, 0.15) is 29.3 Å². The number of nitro benzene ring substituents is 1. The number of nitro groups is 1. The normalized spacial score (nSPS) is 15.8. The highest BCUT2D eigenvalue weighted by Crippen LogP contribution is 2.39. The number of carbonyl (C=O) groups is 3. The minimum atomic E-state index is -1.53. The van der Waals surface area contributed by atoms with Gasteiger partial charge in [0.05, 0.1) is 12.0 Å². The Bertz CT molecular complexity index is 1520. The minimum absolute atomic E-state index is 0.0159. The van der Waals surface area contributed by atoms with Gasteiger partial charge in [0, 0.05) is 30.5 Å². The third kappa shape index (κ3) is 8.00.